The first kappa shape index (κ1) is 9.29. The highest BCUT2D eigenvalue weighted by atomic mass is 15.1. The van der Waals surface area contributed by atoms with Crippen LogP contribution in [0.5, 0.6) is 0 Å². The van der Waals surface area contributed by atoms with Gasteiger partial charge in [-0.05, 0) is 23.6 Å². The topological polar surface area (TPSA) is 61.7 Å². The molecule has 4 nitrogen and oxygen atoms in total. The van der Waals surface area contributed by atoms with Crippen molar-refractivity contribution in [2.24, 2.45) is 5.11 Å². The van der Waals surface area contributed by atoms with Crippen molar-refractivity contribution in [1.82, 2.24) is 4.98 Å². The van der Waals surface area contributed by atoms with Crippen LogP contribution in [-0.4, -0.2) is 11.5 Å². The SMILES string of the molecule is [N-]=[N+]=NCCC=Cc1cccnc1. The second kappa shape index (κ2) is 5.80. The van der Waals surface area contributed by atoms with Gasteiger partial charge in [0.05, 0.1) is 0 Å². The van der Waals surface area contributed by atoms with E-state index in [4.69, 9.17) is 5.53 Å². The Morgan fingerprint density at radius 1 is 1.62 bits per heavy atom. The van der Waals surface area contributed by atoms with E-state index < -0.39 is 0 Å². The predicted molar refractivity (Wildman–Crippen MR) is 51.9 cm³/mol. The number of rotatable bonds is 4. The second-order valence-corrected chi connectivity index (χ2v) is 2.43. The molecule has 0 amide bonds. The van der Waals surface area contributed by atoms with Gasteiger partial charge >= 0.3 is 0 Å². The molecule has 0 unspecified atom stereocenters. The van der Waals surface area contributed by atoms with Gasteiger partial charge in [0, 0.05) is 23.9 Å². The lowest BCUT2D eigenvalue weighted by molar-refractivity contribution is 0.995. The highest BCUT2D eigenvalue weighted by Gasteiger charge is 1.82. The fourth-order valence-corrected chi connectivity index (χ4v) is 0.871. The van der Waals surface area contributed by atoms with Crippen molar-refractivity contribution in [3.05, 3.63) is 46.6 Å². The Hall–Kier alpha value is -1.80. The van der Waals surface area contributed by atoms with E-state index in [0.717, 1.165) is 12.0 Å². The molecular weight excluding hydrogens is 164 g/mol. The van der Waals surface area contributed by atoms with Crippen molar-refractivity contribution in [2.45, 2.75) is 6.42 Å². The fraction of sp³-hybridized carbons (Fsp3) is 0.222. The minimum Gasteiger partial charge on any atom is -0.264 e. The van der Waals surface area contributed by atoms with Crippen molar-refractivity contribution < 1.29 is 0 Å². The average molecular weight is 174 g/mol. The molecule has 4 heteroatoms. The van der Waals surface area contributed by atoms with Crippen LogP contribution in [0.4, 0.5) is 0 Å². The van der Waals surface area contributed by atoms with Gasteiger partial charge in [0.1, 0.15) is 0 Å². The Kier molecular flexibility index (Phi) is 4.14. The first-order valence-corrected chi connectivity index (χ1v) is 4.01. The molecule has 1 heterocycles. The average Bonchev–Trinajstić information content (AvgIpc) is 2.19. The Morgan fingerprint density at radius 2 is 2.54 bits per heavy atom. The number of nitrogens with zero attached hydrogens (tertiary/aromatic N) is 4. The Morgan fingerprint density at radius 3 is 3.23 bits per heavy atom. The van der Waals surface area contributed by atoms with Crippen LogP contribution in [0, 0.1) is 0 Å². The maximum Gasteiger partial charge on any atom is 0.0340 e. The molecule has 0 saturated heterocycles. The van der Waals surface area contributed by atoms with E-state index in [1.165, 1.54) is 0 Å². The molecular formula is C9H10N4. The molecule has 1 aromatic rings. The first-order valence-electron chi connectivity index (χ1n) is 4.01. The van der Waals surface area contributed by atoms with E-state index in [-0.39, 0.29) is 0 Å². The second-order valence-electron chi connectivity index (χ2n) is 2.43. The van der Waals surface area contributed by atoms with Gasteiger partial charge in [-0.1, -0.05) is 23.3 Å². The van der Waals surface area contributed by atoms with Crippen LogP contribution >= 0.6 is 0 Å². The molecule has 0 aliphatic carbocycles. The van der Waals surface area contributed by atoms with Crippen LogP contribution in [0.3, 0.4) is 0 Å². The molecule has 13 heavy (non-hydrogen) atoms. The van der Waals surface area contributed by atoms with Crippen LogP contribution < -0.4 is 0 Å². The molecule has 0 radical (unpaired) electrons. The van der Waals surface area contributed by atoms with Gasteiger partial charge in [-0.25, -0.2) is 0 Å². The quantitative estimate of drug-likeness (QED) is 0.299. The number of hydrogen-bond acceptors (Lipinski definition) is 2. The van der Waals surface area contributed by atoms with Gasteiger partial charge in [-0.3, -0.25) is 4.98 Å². The zero-order valence-electron chi connectivity index (χ0n) is 7.17. The van der Waals surface area contributed by atoms with Crippen LogP contribution in [0.1, 0.15) is 12.0 Å². The third-order valence-corrected chi connectivity index (χ3v) is 1.45. The molecule has 0 aliphatic heterocycles. The van der Waals surface area contributed by atoms with Crippen LogP contribution in [0.25, 0.3) is 16.5 Å². The molecule has 1 rings (SSSR count). The Balaban J connectivity index is 2.36. The number of aromatic nitrogens is 1. The summed E-state index contributed by atoms with van der Waals surface area (Å²) in [6.07, 6.45) is 8.20. The summed E-state index contributed by atoms with van der Waals surface area (Å²) in [6.45, 7) is 0.507. The van der Waals surface area contributed by atoms with E-state index in [2.05, 4.69) is 15.0 Å². The largest absolute Gasteiger partial charge is 0.264 e. The molecule has 0 atom stereocenters. The number of azide groups is 1. The lowest BCUT2D eigenvalue weighted by atomic mass is 10.2. The van der Waals surface area contributed by atoms with Gasteiger partial charge in [-0.15, -0.1) is 0 Å². The minimum absolute atomic E-state index is 0.507. The summed E-state index contributed by atoms with van der Waals surface area (Å²) in [5.41, 5.74) is 9.07. The molecule has 0 aromatic carbocycles. The maximum atomic E-state index is 8.01. The molecule has 0 fully saturated rings. The zero-order chi connectivity index (χ0) is 9.36. The number of pyridine rings is 1. The van der Waals surface area contributed by atoms with Crippen molar-refractivity contribution >= 4 is 6.08 Å². The lowest BCUT2D eigenvalue weighted by Crippen LogP contribution is -1.75. The normalized spacial score (nSPS) is 9.85. The molecule has 0 N–H and O–H groups in total. The van der Waals surface area contributed by atoms with Crippen molar-refractivity contribution in [1.29, 1.82) is 0 Å². The van der Waals surface area contributed by atoms with E-state index >= 15 is 0 Å². The monoisotopic (exact) mass is 174 g/mol. The summed E-state index contributed by atoms with van der Waals surface area (Å²) < 4.78 is 0. The minimum atomic E-state index is 0.507. The third kappa shape index (κ3) is 3.94. The standard InChI is InChI=1S/C9H10N4/c10-13-12-7-2-1-4-9-5-3-6-11-8-9/h1,3-6,8H,2,7H2. The van der Waals surface area contributed by atoms with Crippen LogP contribution in [-0.2, 0) is 0 Å². The molecule has 0 spiro atoms. The maximum absolute atomic E-state index is 8.01. The summed E-state index contributed by atoms with van der Waals surface area (Å²) in [6, 6.07) is 3.85. The van der Waals surface area contributed by atoms with Crippen molar-refractivity contribution in [2.75, 3.05) is 6.54 Å². The molecule has 0 aliphatic rings. The van der Waals surface area contributed by atoms with Crippen LogP contribution in [0.2, 0.25) is 0 Å². The van der Waals surface area contributed by atoms with Gasteiger partial charge in [0.25, 0.3) is 0 Å². The summed E-state index contributed by atoms with van der Waals surface area (Å²) in [7, 11) is 0. The fourth-order valence-electron chi connectivity index (χ4n) is 0.871. The molecule has 0 bridgehead atoms. The van der Waals surface area contributed by atoms with Crippen LogP contribution in [0.15, 0.2) is 35.7 Å². The van der Waals surface area contributed by atoms with Gasteiger partial charge in [0.2, 0.25) is 0 Å². The zero-order valence-corrected chi connectivity index (χ0v) is 7.17. The highest BCUT2D eigenvalue weighted by molar-refractivity contribution is 5.47. The van der Waals surface area contributed by atoms with E-state index in [9.17, 15) is 0 Å². The first-order chi connectivity index (χ1) is 6.43. The summed E-state index contributed by atoms with van der Waals surface area (Å²) in [5.74, 6) is 0. The van der Waals surface area contributed by atoms with Crippen molar-refractivity contribution in [3.63, 3.8) is 0 Å². The smallest absolute Gasteiger partial charge is 0.0340 e. The van der Waals surface area contributed by atoms with E-state index in [1.54, 1.807) is 12.4 Å². The molecule has 66 valence electrons. The van der Waals surface area contributed by atoms with Gasteiger partial charge < -0.3 is 0 Å². The third-order valence-electron chi connectivity index (χ3n) is 1.45. The molecule has 1 aromatic heterocycles. The number of hydrogen-bond donors (Lipinski definition) is 0. The Bertz CT molecular complexity index is 312. The summed E-state index contributed by atoms with van der Waals surface area (Å²) in [4.78, 5) is 6.63. The van der Waals surface area contributed by atoms with Crippen molar-refractivity contribution in [3.8, 4) is 0 Å². The summed E-state index contributed by atoms with van der Waals surface area (Å²) in [5, 5.41) is 3.42. The predicted octanol–water partition coefficient (Wildman–Crippen LogP) is 2.80. The lowest BCUT2D eigenvalue weighted by Gasteiger charge is -1.89. The Labute approximate surface area is 76.6 Å². The molecule has 0 saturated carbocycles. The van der Waals surface area contributed by atoms with Gasteiger partial charge in [-0.2, -0.15) is 0 Å². The summed E-state index contributed by atoms with van der Waals surface area (Å²) >= 11 is 0. The highest BCUT2D eigenvalue weighted by Crippen LogP contribution is 1.99. The van der Waals surface area contributed by atoms with E-state index in [0.29, 0.717) is 6.54 Å². The van der Waals surface area contributed by atoms with Gasteiger partial charge in [0.15, 0.2) is 0 Å². The van der Waals surface area contributed by atoms with E-state index in [1.807, 2.05) is 24.3 Å².